The first-order valence-corrected chi connectivity index (χ1v) is 4.18. The van der Waals surface area contributed by atoms with Crippen molar-refractivity contribution in [3.8, 4) is 6.07 Å². The molecule has 0 aromatic carbocycles. The molecule has 0 aromatic rings. The van der Waals surface area contributed by atoms with Gasteiger partial charge in [-0.2, -0.15) is 5.26 Å². The summed E-state index contributed by atoms with van der Waals surface area (Å²) >= 11 is 0. The van der Waals surface area contributed by atoms with Crippen LogP contribution < -0.4 is 0 Å². The van der Waals surface area contributed by atoms with Crippen molar-refractivity contribution in [2.45, 2.75) is 19.8 Å². The lowest BCUT2D eigenvalue weighted by atomic mass is 10.1. The van der Waals surface area contributed by atoms with Crippen molar-refractivity contribution in [3.63, 3.8) is 0 Å². The van der Waals surface area contributed by atoms with Crippen LogP contribution in [0.4, 0.5) is 0 Å². The molecule has 2 nitrogen and oxygen atoms in total. The smallest absolute Gasteiger partial charge is 0.0957 e. The van der Waals surface area contributed by atoms with Gasteiger partial charge in [0, 0.05) is 18.7 Å². The van der Waals surface area contributed by atoms with Crippen molar-refractivity contribution in [2.75, 3.05) is 19.6 Å². The van der Waals surface area contributed by atoms with E-state index in [9.17, 15) is 0 Å². The number of nitrogens with zero attached hydrogens (tertiary/aromatic N) is 2. The van der Waals surface area contributed by atoms with Gasteiger partial charge in [0.25, 0.3) is 0 Å². The molecule has 0 bridgehead atoms. The third-order valence-electron chi connectivity index (χ3n) is 1.91. The molecular weight excluding hydrogens is 136 g/mol. The van der Waals surface area contributed by atoms with E-state index in [1.54, 1.807) is 0 Å². The lowest BCUT2D eigenvalue weighted by Crippen LogP contribution is -2.30. The Labute approximate surface area is 68.1 Å². The molecule has 0 aromatic heterocycles. The van der Waals surface area contributed by atoms with Gasteiger partial charge in [0.2, 0.25) is 0 Å². The van der Waals surface area contributed by atoms with Crippen molar-refractivity contribution in [2.24, 2.45) is 0 Å². The van der Waals surface area contributed by atoms with E-state index < -0.39 is 0 Å². The first kappa shape index (κ1) is 8.29. The first-order chi connectivity index (χ1) is 5.36. The molecule has 0 saturated carbocycles. The summed E-state index contributed by atoms with van der Waals surface area (Å²) in [6.07, 6.45) is 4.27. The highest BCUT2D eigenvalue weighted by Crippen LogP contribution is 2.08. The minimum absolute atomic E-state index is 0.865. The lowest BCUT2D eigenvalue weighted by Gasteiger charge is -2.23. The maximum absolute atomic E-state index is 8.63. The average molecular weight is 150 g/mol. The highest BCUT2D eigenvalue weighted by atomic mass is 15.1. The third-order valence-corrected chi connectivity index (χ3v) is 1.91. The number of rotatable bonds is 2. The second kappa shape index (κ2) is 4.15. The van der Waals surface area contributed by atoms with Gasteiger partial charge in [0.05, 0.1) is 6.07 Å². The zero-order valence-electron chi connectivity index (χ0n) is 7.01. The Bertz CT molecular complexity index is 188. The van der Waals surface area contributed by atoms with Crippen LogP contribution in [-0.4, -0.2) is 24.5 Å². The van der Waals surface area contributed by atoms with E-state index in [0.29, 0.717) is 0 Å². The largest absolute Gasteiger partial charge is 0.298 e. The Kier molecular flexibility index (Phi) is 3.13. The number of hydrogen-bond acceptors (Lipinski definition) is 2. The van der Waals surface area contributed by atoms with E-state index in [1.165, 1.54) is 6.42 Å². The Hall–Kier alpha value is -0.810. The molecule has 1 heterocycles. The predicted octanol–water partition coefficient (Wildman–Crippen LogP) is 1.55. The standard InChI is InChI=1S/C9H14N2/c1-2-5-11-6-3-4-9(7-10)8-11/h4H,2-3,5-6,8H2,1H3. The Morgan fingerprint density at radius 1 is 1.73 bits per heavy atom. The van der Waals surface area contributed by atoms with Crippen LogP contribution in [0.25, 0.3) is 0 Å². The van der Waals surface area contributed by atoms with Crippen molar-refractivity contribution in [1.29, 1.82) is 5.26 Å². The Morgan fingerprint density at radius 2 is 2.55 bits per heavy atom. The molecule has 0 saturated heterocycles. The molecular formula is C9H14N2. The fourth-order valence-electron chi connectivity index (χ4n) is 1.39. The van der Waals surface area contributed by atoms with Gasteiger partial charge in [-0.25, -0.2) is 0 Å². The zero-order valence-corrected chi connectivity index (χ0v) is 7.01. The van der Waals surface area contributed by atoms with E-state index in [2.05, 4.69) is 17.9 Å². The zero-order chi connectivity index (χ0) is 8.10. The molecule has 0 aliphatic carbocycles. The van der Waals surface area contributed by atoms with Crippen LogP contribution in [-0.2, 0) is 0 Å². The maximum atomic E-state index is 8.63. The van der Waals surface area contributed by atoms with E-state index >= 15 is 0 Å². The highest BCUT2D eigenvalue weighted by Gasteiger charge is 2.09. The van der Waals surface area contributed by atoms with E-state index in [4.69, 9.17) is 5.26 Å². The van der Waals surface area contributed by atoms with Crippen molar-refractivity contribution in [3.05, 3.63) is 11.6 Å². The van der Waals surface area contributed by atoms with Crippen LogP contribution in [0.2, 0.25) is 0 Å². The van der Waals surface area contributed by atoms with Crippen molar-refractivity contribution in [1.82, 2.24) is 4.90 Å². The van der Waals surface area contributed by atoms with E-state index in [-0.39, 0.29) is 0 Å². The molecule has 0 radical (unpaired) electrons. The van der Waals surface area contributed by atoms with E-state index in [1.807, 2.05) is 6.08 Å². The average Bonchev–Trinajstić information content (AvgIpc) is 2.06. The van der Waals surface area contributed by atoms with Crippen molar-refractivity contribution < 1.29 is 0 Å². The summed E-state index contributed by atoms with van der Waals surface area (Å²) in [5.41, 5.74) is 0.935. The molecule has 11 heavy (non-hydrogen) atoms. The fraction of sp³-hybridized carbons (Fsp3) is 0.667. The Morgan fingerprint density at radius 3 is 3.18 bits per heavy atom. The molecule has 1 aliphatic heterocycles. The topological polar surface area (TPSA) is 27.0 Å². The number of nitriles is 1. The first-order valence-electron chi connectivity index (χ1n) is 4.18. The quantitative estimate of drug-likeness (QED) is 0.597. The highest BCUT2D eigenvalue weighted by molar-refractivity contribution is 5.23. The SMILES string of the molecule is CCCN1CCC=C(C#N)C1. The fourth-order valence-corrected chi connectivity index (χ4v) is 1.39. The molecule has 0 N–H and O–H groups in total. The number of hydrogen-bond donors (Lipinski definition) is 0. The summed E-state index contributed by atoms with van der Waals surface area (Å²) < 4.78 is 0. The van der Waals surface area contributed by atoms with Gasteiger partial charge < -0.3 is 0 Å². The summed E-state index contributed by atoms with van der Waals surface area (Å²) in [7, 11) is 0. The van der Waals surface area contributed by atoms with Gasteiger partial charge in [0.1, 0.15) is 0 Å². The molecule has 1 aliphatic rings. The van der Waals surface area contributed by atoms with Crippen LogP contribution in [0.3, 0.4) is 0 Å². The lowest BCUT2D eigenvalue weighted by molar-refractivity contribution is 0.294. The molecule has 0 unspecified atom stereocenters. The summed E-state index contributed by atoms with van der Waals surface area (Å²) in [5, 5.41) is 8.63. The van der Waals surface area contributed by atoms with Gasteiger partial charge in [-0.1, -0.05) is 13.0 Å². The molecule has 2 heteroatoms. The molecule has 0 spiro atoms. The summed E-state index contributed by atoms with van der Waals surface area (Å²) in [6.45, 7) is 5.28. The van der Waals surface area contributed by atoms with Gasteiger partial charge in [-0.3, -0.25) is 4.90 Å². The molecule has 0 amide bonds. The second-order valence-corrected chi connectivity index (χ2v) is 2.91. The van der Waals surface area contributed by atoms with Gasteiger partial charge >= 0.3 is 0 Å². The van der Waals surface area contributed by atoms with Crippen LogP contribution >= 0.6 is 0 Å². The molecule has 0 fully saturated rings. The Balaban J connectivity index is 2.41. The van der Waals surface area contributed by atoms with Crippen molar-refractivity contribution >= 4 is 0 Å². The monoisotopic (exact) mass is 150 g/mol. The van der Waals surface area contributed by atoms with Gasteiger partial charge in [0.15, 0.2) is 0 Å². The normalized spacial score (nSPS) is 19.1. The summed E-state index contributed by atoms with van der Waals surface area (Å²) in [4.78, 5) is 2.33. The maximum Gasteiger partial charge on any atom is 0.0957 e. The van der Waals surface area contributed by atoms with Crippen LogP contribution in [0.15, 0.2) is 11.6 Å². The molecule has 0 atom stereocenters. The minimum Gasteiger partial charge on any atom is -0.298 e. The van der Waals surface area contributed by atoms with E-state index in [0.717, 1.165) is 31.6 Å². The van der Waals surface area contributed by atoms with Crippen LogP contribution in [0, 0.1) is 11.3 Å². The summed E-state index contributed by atoms with van der Waals surface area (Å²) in [6, 6.07) is 2.21. The molecule has 60 valence electrons. The predicted molar refractivity (Wildman–Crippen MR) is 45.0 cm³/mol. The van der Waals surface area contributed by atoms with Gasteiger partial charge in [-0.15, -0.1) is 0 Å². The third kappa shape index (κ3) is 2.36. The summed E-state index contributed by atoms with van der Waals surface area (Å²) in [5.74, 6) is 0. The minimum atomic E-state index is 0.865. The second-order valence-electron chi connectivity index (χ2n) is 2.91. The molecule has 1 rings (SSSR count). The van der Waals surface area contributed by atoms with Crippen LogP contribution in [0.5, 0.6) is 0 Å². The van der Waals surface area contributed by atoms with Gasteiger partial charge in [-0.05, 0) is 19.4 Å². The van der Waals surface area contributed by atoms with Crippen LogP contribution in [0.1, 0.15) is 19.8 Å².